The van der Waals surface area contributed by atoms with Crippen LogP contribution in [0.4, 0.5) is 4.79 Å². The summed E-state index contributed by atoms with van der Waals surface area (Å²) in [7, 11) is 0. The molecule has 0 aromatic carbocycles. The molecule has 3 aliphatic rings. The van der Waals surface area contributed by atoms with Gasteiger partial charge in [-0.2, -0.15) is 10.4 Å². The summed E-state index contributed by atoms with van der Waals surface area (Å²) in [5.74, 6) is 0. The highest BCUT2D eigenvalue weighted by atomic mass is 16.3. The van der Waals surface area contributed by atoms with Crippen molar-refractivity contribution in [1.29, 1.82) is 5.26 Å². The standard InChI is InChI=1S/C25H31N9O2/c26-6-5-25(34-15-17(14-30-34)22-19-4-7-27-23(19)29-16-28-22)12-18(13-25)32-8-10-33(11-9-32)24(36)31-20-2-1-3-21(20)35/h4,7,14-16,18,20-21,35H,1-3,5,8-13H2,(H,31,36)(H,27,28,29)/t18-,20-,21+,25-/m0/s1. The average Bonchev–Trinajstić information content (AvgIpc) is 3.63. The van der Waals surface area contributed by atoms with Crippen LogP contribution in [0, 0.1) is 11.3 Å². The summed E-state index contributed by atoms with van der Waals surface area (Å²) >= 11 is 0. The number of hydrogen-bond acceptors (Lipinski definition) is 7. The second kappa shape index (κ2) is 9.19. The Morgan fingerprint density at radius 2 is 2.08 bits per heavy atom. The van der Waals surface area contributed by atoms with E-state index < -0.39 is 6.10 Å². The van der Waals surface area contributed by atoms with Crippen molar-refractivity contribution in [3.05, 3.63) is 31.0 Å². The maximum Gasteiger partial charge on any atom is 0.317 e. The van der Waals surface area contributed by atoms with E-state index in [1.807, 2.05) is 34.2 Å². The van der Waals surface area contributed by atoms with Crippen molar-refractivity contribution >= 4 is 17.1 Å². The zero-order chi connectivity index (χ0) is 24.7. The molecule has 1 saturated heterocycles. The van der Waals surface area contributed by atoms with Gasteiger partial charge >= 0.3 is 6.03 Å². The SMILES string of the molecule is N#CC[C@]1(n2cc(-c3ncnc4[nH]ccc34)cn2)C[C@H](N2CCN(C(=O)N[C@H]3CCC[C@H]3O)CC2)C1. The number of nitriles is 1. The third-order valence-corrected chi connectivity index (χ3v) is 8.24. The van der Waals surface area contributed by atoms with Gasteiger partial charge in [0, 0.05) is 55.6 Å². The molecule has 4 heterocycles. The Morgan fingerprint density at radius 3 is 2.83 bits per heavy atom. The first-order chi connectivity index (χ1) is 17.6. The molecule has 3 fully saturated rings. The monoisotopic (exact) mass is 489 g/mol. The molecule has 2 saturated carbocycles. The number of piperazine rings is 1. The van der Waals surface area contributed by atoms with Gasteiger partial charge in [0.05, 0.1) is 42.1 Å². The molecule has 0 spiro atoms. The number of aliphatic hydroxyl groups excluding tert-OH is 1. The van der Waals surface area contributed by atoms with Crippen molar-refractivity contribution in [1.82, 2.24) is 39.8 Å². The molecular formula is C25H31N9O2. The molecular weight excluding hydrogens is 458 g/mol. The number of amides is 2. The van der Waals surface area contributed by atoms with Crippen LogP contribution in [0.25, 0.3) is 22.3 Å². The van der Waals surface area contributed by atoms with Gasteiger partial charge in [-0.1, -0.05) is 0 Å². The molecule has 36 heavy (non-hydrogen) atoms. The quantitative estimate of drug-likeness (QED) is 0.497. The van der Waals surface area contributed by atoms with Gasteiger partial charge in [-0.05, 0) is 38.2 Å². The smallest absolute Gasteiger partial charge is 0.317 e. The maximum atomic E-state index is 12.6. The number of carbonyl (C=O) groups is 1. The number of nitrogens with zero attached hydrogens (tertiary/aromatic N) is 7. The minimum absolute atomic E-state index is 0.0710. The maximum absolute atomic E-state index is 12.6. The molecule has 11 nitrogen and oxygen atoms in total. The molecule has 2 amide bonds. The largest absolute Gasteiger partial charge is 0.391 e. The Bertz CT molecular complexity index is 1280. The van der Waals surface area contributed by atoms with E-state index in [9.17, 15) is 15.2 Å². The number of fused-ring (bicyclic) bond motifs is 1. The molecule has 2 atom stereocenters. The number of carbonyl (C=O) groups excluding carboxylic acids is 1. The second-order valence-corrected chi connectivity index (χ2v) is 10.3. The Kier molecular flexibility index (Phi) is 5.85. The van der Waals surface area contributed by atoms with Crippen LogP contribution >= 0.6 is 0 Å². The van der Waals surface area contributed by atoms with Crippen LogP contribution in [-0.2, 0) is 5.54 Å². The molecule has 3 aromatic rings. The number of aromatic nitrogens is 5. The van der Waals surface area contributed by atoms with Gasteiger partial charge in [0.2, 0.25) is 0 Å². The summed E-state index contributed by atoms with van der Waals surface area (Å²) in [4.78, 5) is 28.8. The van der Waals surface area contributed by atoms with Gasteiger partial charge in [-0.3, -0.25) is 9.58 Å². The summed E-state index contributed by atoms with van der Waals surface area (Å²) in [5, 5.41) is 28.2. The van der Waals surface area contributed by atoms with Crippen molar-refractivity contribution in [2.24, 2.45) is 0 Å². The van der Waals surface area contributed by atoms with E-state index in [1.165, 1.54) is 0 Å². The Morgan fingerprint density at radius 1 is 1.25 bits per heavy atom. The van der Waals surface area contributed by atoms with Gasteiger partial charge in [0.25, 0.3) is 0 Å². The molecule has 0 bridgehead atoms. The molecule has 188 valence electrons. The van der Waals surface area contributed by atoms with E-state index in [0.717, 1.165) is 67.5 Å². The molecule has 0 radical (unpaired) electrons. The summed E-state index contributed by atoms with van der Waals surface area (Å²) in [6.45, 7) is 2.96. The van der Waals surface area contributed by atoms with Crippen LogP contribution in [0.3, 0.4) is 0 Å². The number of H-pyrrole nitrogens is 1. The number of rotatable bonds is 5. The molecule has 2 aliphatic carbocycles. The summed E-state index contributed by atoms with van der Waals surface area (Å²) < 4.78 is 1.96. The van der Waals surface area contributed by atoms with Gasteiger partial charge in [0.1, 0.15) is 12.0 Å². The van der Waals surface area contributed by atoms with Crippen molar-refractivity contribution < 1.29 is 9.90 Å². The zero-order valence-corrected chi connectivity index (χ0v) is 20.2. The minimum atomic E-state index is -0.426. The lowest BCUT2D eigenvalue weighted by atomic mass is 9.70. The third-order valence-electron chi connectivity index (χ3n) is 8.24. The summed E-state index contributed by atoms with van der Waals surface area (Å²) in [5.41, 5.74) is 2.20. The molecule has 3 N–H and O–H groups in total. The van der Waals surface area contributed by atoms with Crippen molar-refractivity contribution in [2.75, 3.05) is 26.2 Å². The summed E-state index contributed by atoms with van der Waals surface area (Å²) in [6.07, 6.45) is 11.5. The van der Waals surface area contributed by atoms with E-state index in [-0.39, 0.29) is 17.6 Å². The molecule has 11 heteroatoms. The van der Waals surface area contributed by atoms with Crippen LogP contribution in [0.15, 0.2) is 31.0 Å². The van der Waals surface area contributed by atoms with Crippen LogP contribution in [0.5, 0.6) is 0 Å². The van der Waals surface area contributed by atoms with Gasteiger partial charge < -0.3 is 20.3 Å². The van der Waals surface area contributed by atoms with Crippen LogP contribution in [0.2, 0.25) is 0 Å². The van der Waals surface area contributed by atoms with Gasteiger partial charge in [-0.25, -0.2) is 14.8 Å². The Balaban J connectivity index is 1.09. The van der Waals surface area contributed by atoms with Crippen LogP contribution < -0.4 is 5.32 Å². The third kappa shape index (κ3) is 4.00. The van der Waals surface area contributed by atoms with Crippen LogP contribution in [-0.4, -0.2) is 90.0 Å². The number of aromatic amines is 1. The highest BCUT2D eigenvalue weighted by Gasteiger charge is 2.49. The first-order valence-electron chi connectivity index (χ1n) is 12.7. The van der Waals surface area contributed by atoms with E-state index in [0.29, 0.717) is 25.6 Å². The lowest BCUT2D eigenvalue weighted by Gasteiger charge is -2.52. The normalized spacial score (nSPS) is 28.7. The van der Waals surface area contributed by atoms with E-state index in [4.69, 9.17) is 0 Å². The van der Waals surface area contributed by atoms with Crippen molar-refractivity contribution in [3.8, 4) is 17.3 Å². The van der Waals surface area contributed by atoms with Gasteiger partial charge in [0.15, 0.2) is 0 Å². The fourth-order valence-corrected chi connectivity index (χ4v) is 6.09. The first-order valence-corrected chi connectivity index (χ1v) is 12.7. The van der Waals surface area contributed by atoms with E-state index in [1.54, 1.807) is 6.33 Å². The minimum Gasteiger partial charge on any atom is -0.391 e. The molecule has 6 rings (SSSR count). The Hall–Kier alpha value is -3.49. The molecule has 3 aromatic heterocycles. The van der Waals surface area contributed by atoms with Crippen molar-refractivity contribution in [2.45, 2.75) is 62.3 Å². The molecule has 1 aliphatic heterocycles. The highest BCUT2D eigenvalue weighted by molar-refractivity contribution is 5.90. The lowest BCUT2D eigenvalue weighted by molar-refractivity contribution is -0.0132. The number of nitrogens with one attached hydrogen (secondary N) is 2. The fourth-order valence-electron chi connectivity index (χ4n) is 6.09. The predicted octanol–water partition coefficient (Wildman–Crippen LogP) is 1.83. The second-order valence-electron chi connectivity index (χ2n) is 10.3. The Labute approximate surface area is 209 Å². The average molecular weight is 490 g/mol. The van der Waals surface area contributed by atoms with Crippen LogP contribution in [0.1, 0.15) is 38.5 Å². The number of aliphatic hydroxyl groups is 1. The first kappa shape index (κ1) is 22.9. The van der Waals surface area contributed by atoms with E-state index >= 15 is 0 Å². The summed E-state index contributed by atoms with van der Waals surface area (Å²) in [6, 6.07) is 4.51. The lowest BCUT2D eigenvalue weighted by Crippen LogP contribution is -2.61. The van der Waals surface area contributed by atoms with E-state index in [2.05, 4.69) is 36.3 Å². The highest BCUT2D eigenvalue weighted by Crippen LogP contribution is 2.45. The van der Waals surface area contributed by atoms with Crippen molar-refractivity contribution in [3.63, 3.8) is 0 Å². The fraction of sp³-hybridized carbons (Fsp3) is 0.560. The topological polar surface area (TPSA) is 139 Å². The number of urea groups is 1. The van der Waals surface area contributed by atoms with Gasteiger partial charge in [-0.15, -0.1) is 0 Å². The zero-order valence-electron chi connectivity index (χ0n) is 20.2. The molecule has 0 unspecified atom stereocenters. The number of hydrogen-bond donors (Lipinski definition) is 3. The predicted molar refractivity (Wildman–Crippen MR) is 132 cm³/mol.